The summed E-state index contributed by atoms with van der Waals surface area (Å²) in [5, 5.41) is 6.58. The number of halogens is 2. The number of pyridine rings is 1. The number of anilines is 2. The molecule has 2 N–H and O–H groups in total. The third-order valence-electron chi connectivity index (χ3n) is 3.26. The van der Waals surface area contributed by atoms with Crippen LogP contribution in [0, 0.1) is 0 Å². The van der Waals surface area contributed by atoms with Crippen LogP contribution in [0.15, 0.2) is 55.1 Å². The topological polar surface area (TPSA) is 79.8 Å². The number of aromatic nitrogens is 3. The summed E-state index contributed by atoms with van der Waals surface area (Å²) in [6, 6.07) is 8.64. The fraction of sp³-hybridized carbons (Fsp3) is 0.0588. The predicted molar refractivity (Wildman–Crippen MR) is 98.0 cm³/mol. The average Bonchev–Trinajstić information content (AvgIpc) is 2.64. The fourth-order valence-corrected chi connectivity index (χ4v) is 2.30. The molecule has 6 nitrogen and oxygen atoms in total. The zero-order valence-corrected chi connectivity index (χ0v) is 14.4. The minimum absolute atomic E-state index is 0.193. The molecule has 0 fully saturated rings. The Morgan fingerprint density at radius 3 is 2.60 bits per heavy atom. The molecule has 8 heteroatoms. The normalized spacial score (nSPS) is 10.3. The Morgan fingerprint density at radius 2 is 1.92 bits per heavy atom. The SMILES string of the molecule is O=C(Nc1ccc(Cl)c(Cl)c1)c1cnc(NCc2cccnc2)cn1. The Bertz CT molecular complexity index is 872. The summed E-state index contributed by atoms with van der Waals surface area (Å²) in [5.74, 6) is 0.180. The first kappa shape index (κ1) is 17.1. The van der Waals surface area contributed by atoms with Crippen LogP contribution in [-0.2, 0) is 6.54 Å². The summed E-state index contributed by atoms with van der Waals surface area (Å²) in [5.41, 5.74) is 1.74. The van der Waals surface area contributed by atoms with Crippen LogP contribution in [0.1, 0.15) is 16.1 Å². The van der Waals surface area contributed by atoms with Gasteiger partial charge in [-0.05, 0) is 29.8 Å². The van der Waals surface area contributed by atoms with E-state index in [-0.39, 0.29) is 11.6 Å². The predicted octanol–water partition coefficient (Wildman–Crippen LogP) is 4.04. The maximum absolute atomic E-state index is 12.2. The zero-order valence-electron chi connectivity index (χ0n) is 12.9. The number of carbonyl (C=O) groups is 1. The van der Waals surface area contributed by atoms with Crippen molar-refractivity contribution < 1.29 is 4.79 Å². The van der Waals surface area contributed by atoms with Crippen molar-refractivity contribution in [3.63, 3.8) is 0 Å². The molecule has 25 heavy (non-hydrogen) atoms. The van der Waals surface area contributed by atoms with Crippen LogP contribution in [0.2, 0.25) is 10.0 Å². The minimum atomic E-state index is -0.385. The van der Waals surface area contributed by atoms with Crippen LogP contribution in [0.5, 0.6) is 0 Å². The lowest BCUT2D eigenvalue weighted by Crippen LogP contribution is -2.14. The van der Waals surface area contributed by atoms with Crippen molar-refractivity contribution >= 4 is 40.6 Å². The van der Waals surface area contributed by atoms with Crippen LogP contribution < -0.4 is 10.6 Å². The van der Waals surface area contributed by atoms with Gasteiger partial charge < -0.3 is 10.6 Å². The fourth-order valence-electron chi connectivity index (χ4n) is 2.00. The molecule has 2 heterocycles. The van der Waals surface area contributed by atoms with Gasteiger partial charge in [0.25, 0.3) is 5.91 Å². The first-order valence-corrected chi connectivity index (χ1v) is 8.08. The molecule has 1 amide bonds. The van der Waals surface area contributed by atoms with E-state index in [1.165, 1.54) is 12.4 Å². The van der Waals surface area contributed by atoms with Crippen LogP contribution >= 0.6 is 23.2 Å². The lowest BCUT2D eigenvalue weighted by molar-refractivity contribution is 0.102. The molecule has 0 aliphatic rings. The molecule has 0 aliphatic carbocycles. The third-order valence-corrected chi connectivity index (χ3v) is 4.00. The van der Waals surface area contributed by atoms with Gasteiger partial charge in [-0.15, -0.1) is 0 Å². The van der Waals surface area contributed by atoms with Gasteiger partial charge in [-0.1, -0.05) is 29.3 Å². The van der Waals surface area contributed by atoms with E-state index in [0.29, 0.717) is 28.1 Å². The van der Waals surface area contributed by atoms with Gasteiger partial charge in [-0.25, -0.2) is 9.97 Å². The van der Waals surface area contributed by atoms with Gasteiger partial charge in [0.1, 0.15) is 11.5 Å². The van der Waals surface area contributed by atoms with Gasteiger partial charge in [-0.2, -0.15) is 0 Å². The smallest absolute Gasteiger partial charge is 0.275 e. The molecule has 2 aromatic heterocycles. The van der Waals surface area contributed by atoms with E-state index in [1.807, 2.05) is 12.1 Å². The number of amides is 1. The molecule has 0 aliphatic heterocycles. The number of hydrogen-bond donors (Lipinski definition) is 2. The molecule has 0 saturated carbocycles. The van der Waals surface area contributed by atoms with Crippen molar-refractivity contribution in [1.29, 1.82) is 0 Å². The second-order valence-corrected chi connectivity index (χ2v) is 5.90. The molecular formula is C17H13Cl2N5O. The molecule has 0 unspecified atom stereocenters. The van der Waals surface area contributed by atoms with Crippen molar-refractivity contribution in [2.24, 2.45) is 0 Å². The molecule has 3 aromatic rings. The lowest BCUT2D eigenvalue weighted by atomic mass is 10.3. The highest BCUT2D eigenvalue weighted by atomic mass is 35.5. The first-order valence-electron chi connectivity index (χ1n) is 7.33. The Labute approximate surface area is 154 Å². The number of hydrogen-bond acceptors (Lipinski definition) is 5. The largest absolute Gasteiger partial charge is 0.365 e. The minimum Gasteiger partial charge on any atom is -0.365 e. The van der Waals surface area contributed by atoms with E-state index in [1.54, 1.807) is 30.6 Å². The van der Waals surface area contributed by atoms with Crippen molar-refractivity contribution in [2.75, 3.05) is 10.6 Å². The van der Waals surface area contributed by atoms with Gasteiger partial charge in [0.15, 0.2) is 0 Å². The second kappa shape index (κ2) is 7.92. The van der Waals surface area contributed by atoms with Crippen LogP contribution in [-0.4, -0.2) is 20.9 Å². The molecule has 0 spiro atoms. The Hall–Kier alpha value is -2.70. The molecule has 0 bridgehead atoms. The van der Waals surface area contributed by atoms with Crippen molar-refractivity contribution in [2.45, 2.75) is 6.54 Å². The Kier molecular flexibility index (Phi) is 5.42. The van der Waals surface area contributed by atoms with Gasteiger partial charge in [0, 0.05) is 24.6 Å². The highest BCUT2D eigenvalue weighted by Crippen LogP contribution is 2.25. The van der Waals surface area contributed by atoms with E-state index < -0.39 is 0 Å². The van der Waals surface area contributed by atoms with Gasteiger partial charge >= 0.3 is 0 Å². The average molecular weight is 374 g/mol. The second-order valence-electron chi connectivity index (χ2n) is 5.08. The maximum atomic E-state index is 12.2. The highest BCUT2D eigenvalue weighted by molar-refractivity contribution is 6.42. The van der Waals surface area contributed by atoms with Gasteiger partial charge in [-0.3, -0.25) is 9.78 Å². The number of rotatable bonds is 5. The van der Waals surface area contributed by atoms with E-state index in [4.69, 9.17) is 23.2 Å². The van der Waals surface area contributed by atoms with Crippen LogP contribution in [0.4, 0.5) is 11.5 Å². The van der Waals surface area contributed by atoms with Crippen LogP contribution in [0.25, 0.3) is 0 Å². The summed E-state index contributed by atoms with van der Waals surface area (Å²) < 4.78 is 0. The summed E-state index contributed by atoms with van der Waals surface area (Å²) in [6.07, 6.45) is 6.38. The molecule has 0 saturated heterocycles. The highest BCUT2D eigenvalue weighted by Gasteiger charge is 2.09. The zero-order chi connectivity index (χ0) is 17.6. The molecule has 0 radical (unpaired) electrons. The third kappa shape index (κ3) is 4.65. The Morgan fingerprint density at radius 1 is 1.04 bits per heavy atom. The molecule has 126 valence electrons. The molecule has 3 rings (SSSR count). The summed E-state index contributed by atoms with van der Waals surface area (Å²) in [6.45, 7) is 0.567. The van der Waals surface area contributed by atoms with Gasteiger partial charge in [0.05, 0.1) is 22.4 Å². The molecule has 1 aromatic carbocycles. The van der Waals surface area contributed by atoms with E-state index in [2.05, 4.69) is 25.6 Å². The van der Waals surface area contributed by atoms with Crippen molar-refractivity contribution in [3.05, 3.63) is 76.4 Å². The van der Waals surface area contributed by atoms with Crippen LogP contribution in [0.3, 0.4) is 0 Å². The molecular weight excluding hydrogens is 361 g/mol. The Balaban J connectivity index is 1.61. The standard InChI is InChI=1S/C17H13Cl2N5O/c18-13-4-3-12(6-14(13)19)24-17(25)15-9-23-16(10-21-15)22-8-11-2-1-5-20-7-11/h1-7,9-10H,8H2,(H,22,23)(H,24,25). The first-order chi connectivity index (χ1) is 12.1. The number of benzene rings is 1. The van der Waals surface area contributed by atoms with Gasteiger partial charge in [0.2, 0.25) is 0 Å². The number of nitrogens with one attached hydrogen (secondary N) is 2. The monoisotopic (exact) mass is 373 g/mol. The quantitative estimate of drug-likeness (QED) is 0.705. The summed E-state index contributed by atoms with van der Waals surface area (Å²) in [7, 11) is 0. The lowest BCUT2D eigenvalue weighted by Gasteiger charge is -2.07. The maximum Gasteiger partial charge on any atom is 0.275 e. The number of nitrogens with zero attached hydrogens (tertiary/aromatic N) is 3. The molecule has 0 atom stereocenters. The number of carbonyl (C=O) groups excluding carboxylic acids is 1. The summed E-state index contributed by atoms with van der Waals surface area (Å²) >= 11 is 11.8. The van der Waals surface area contributed by atoms with E-state index >= 15 is 0 Å². The summed E-state index contributed by atoms with van der Waals surface area (Å²) in [4.78, 5) is 24.5. The van der Waals surface area contributed by atoms with E-state index in [9.17, 15) is 4.79 Å². The van der Waals surface area contributed by atoms with E-state index in [0.717, 1.165) is 5.56 Å². The van der Waals surface area contributed by atoms with Crippen molar-refractivity contribution in [1.82, 2.24) is 15.0 Å². The van der Waals surface area contributed by atoms with Crippen molar-refractivity contribution in [3.8, 4) is 0 Å².